The van der Waals surface area contributed by atoms with Crippen molar-refractivity contribution < 1.29 is 4.79 Å². The Morgan fingerprint density at radius 2 is 2.00 bits per heavy atom. The third kappa shape index (κ3) is 4.69. The van der Waals surface area contributed by atoms with Crippen molar-refractivity contribution in [3.8, 4) is 5.69 Å². The van der Waals surface area contributed by atoms with Crippen LogP contribution in [0.25, 0.3) is 5.69 Å². The average molecular weight is 440 g/mol. The molecule has 0 aliphatic rings. The fourth-order valence-electron chi connectivity index (χ4n) is 2.86. The molecule has 0 saturated heterocycles. The van der Waals surface area contributed by atoms with E-state index in [0.29, 0.717) is 28.0 Å². The Morgan fingerprint density at radius 3 is 2.77 bits per heavy atom. The second kappa shape index (κ2) is 9.10. The van der Waals surface area contributed by atoms with Gasteiger partial charge >= 0.3 is 0 Å². The summed E-state index contributed by atoms with van der Waals surface area (Å²) in [5.41, 5.74) is 2.39. The number of anilines is 1. The Balaban J connectivity index is 1.41. The van der Waals surface area contributed by atoms with Crippen molar-refractivity contribution in [1.82, 2.24) is 29.5 Å². The third-order valence-corrected chi connectivity index (χ3v) is 5.62. The fraction of sp³-hybridized carbons (Fsp3) is 0.150. The highest BCUT2D eigenvalue weighted by atomic mass is 35.5. The largest absolute Gasteiger partial charge is 0.323 e. The number of hydrogen-bond acceptors (Lipinski definition) is 6. The quantitative estimate of drug-likeness (QED) is 0.444. The summed E-state index contributed by atoms with van der Waals surface area (Å²) in [5, 5.41) is 16.7. The van der Waals surface area contributed by atoms with Gasteiger partial charge in [-0.2, -0.15) is 5.10 Å². The minimum Gasteiger partial charge on any atom is -0.323 e. The zero-order valence-corrected chi connectivity index (χ0v) is 17.6. The fourth-order valence-corrected chi connectivity index (χ4v) is 3.76. The van der Waals surface area contributed by atoms with Gasteiger partial charge in [0.05, 0.1) is 17.1 Å². The maximum Gasteiger partial charge on any atom is 0.234 e. The highest BCUT2D eigenvalue weighted by Crippen LogP contribution is 2.25. The van der Waals surface area contributed by atoms with E-state index in [1.807, 2.05) is 41.9 Å². The van der Waals surface area contributed by atoms with Gasteiger partial charge in [0.2, 0.25) is 5.91 Å². The average Bonchev–Trinajstić information content (AvgIpc) is 3.39. The first-order valence-electron chi connectivity index (χ1n) is 9.09. The van der Waals surface area contributed by atoms with Crippen molar-refractivity contribution in [3.63, 3.8) is 0 Å². The minimum atomic E-state index is -0.184. The molecule has 152 valence electrons. The van der Waals surface area contributed by atoms with Gasteiger partial charge in [0.1, 0.15) is 18.5 Å². The van der Waals surface area contributed by atoms with Gasteiger partial charge in [-0.25, -0.2) is 9.67 Å². The van der Waals surface area contributed by atoms with E-state index in [0.717, 1.165) is 11.4 Å². The molecule has 4 aromatic rings. The standard InChI is InChI=1S/C20H18ClN7OS/c1-27-18(9-14-5-3-2-4-6-14)25-26-20(27)30-11-19(29)24-16-10-15(21)7-8-17(16)28-13-22-12-23-28/h2-8,10,12-13H,9,11H2,1H3,(H,24,29). The predicted octanol–water partition coefficient (Wildman–Crippen LogP) is 3.37. The zero-order valence-electron chi connectivity index (χ0n) is 16.1. The molecule has 10 heteroatoms. The van der Waals surface area contributed by atoms with E-state index in [2.05, 4.69) is 25.6 Å². The maximum absolute atomic E-state index is 12.6. The second-order valence-electron chi connectivity index (χ2n) is 6.46. The molecule has 4 rings (SSSR count). The summed E-state index contributed by atoms with van der Waals surface area (Å²) in [7, 11) is 1.90. The molecule has 0 aliphatic heterocycles. The molecule has 2 aromatic heterocycles. The number of benzene rings is 2. The van der Waals surface area contributed by atoms with Crippen LogP contribution < -0.4 is 5.32 Å². The van der Waals surface area contributed by atoms with Crippen LogP contribution in [0.3, 0.4) is 0 Å². The molecule has 2 aromatic carbocycles. The molecule has 0 bridgehead atoms. The predicted molar refractivity (Wildman–Crippen MR) is 116 cm³/mol. The van der Waals surface area contributed by atoms with Crippen molar-refractivity contribution in [2.24, 2.45) is 7.05 Å². The van der Waals surface area contributed by atoms with Crippen molar-refractivity contribution >= 4 is 35.0 Å². The van der Waals surface area contributed by atoms with Crippen LogP contribution in [0.2, 0.25) is 5.02 Å². The first-order valence-corrected chi connectivity index (χ1v) is 10.5. The van der Waals surface area contributed by atoms with Gasteiger partial charge in [0.15, 0.2) is 5.16 Å². The van der Waals surface area contributed by atoms with Gasteiger partial charge in [-0.05, 0) is 23.8 Å². The Morgan fingerprint density at radius 1 is 1.17 bits per heavy atom. The van der Waals surface area contributed by atoms with Gasteiger partial charge in [0, 0.05) is 18.5 Å². The summed E-state index contributed by atoms with van der Waals surface area (Å²) >= 11 is 7.42. The van der Waals surface area contributed by atoms with Crippen LogP contribution in [0, 0.1) is 0 Å². The summed E-state index contributed by atoms with van der Waals surface area (Å²) < 4.78 is 3.47. The van der Waals surface area contributed by atoms with E-state index in [1.54, 1.807) is 29.2 Å². The van der Waals surface area contributed by atoms with Crippen LogP contribution in [-0.4, -0.2) is 41.2 Å². The molecule has 0 spiro atoms. The van der Waals surface area contributed by atoms with E-state index in [-0.39, 0.29) is 11.7 Å². The van der Waals surface area contributed by atoms with Crippen molar-refractivity contribution in [2.45, 2.75) is 11.6 Å². The number of carbonyl (C=O) groups excluding carboxylic acids is 1. The minimum absolute atomic E-state index is 0.181. The highest BCUT2D eigenvalue weighted by molar-refractivity contribution is 7.99. The van der Waals surface area contributed by atoms with Crippen LogP contribution in [-0.2, 0) is 18.3 Å². The number of hydrogen-bond donors (Lipinski definition) is 1. The number of nitrogens with zero attached hydrogens (tertiary/aromatic N) is 6. The molecular weight excluding hydrogens is 422 g/mol. The molecule has 0 fully saturated rings. The first-order chi connectivity index (χ1) is 14.6. The Kier molecular flexibility index (Phi) is 6.10. The van der Waals surface area contributed by atoms with Crippen LogP contribution >= 0.6 is 23.4 Å². The molecule has 8 nitrogen and oxygen atoms in total. The van der Waals surface area contributed by atoms with Crippen LogP contribution in [0.5, 0.6) is 0 Å². The molecule has 0 unspecified atom stereocenters. The van der Waals surface area contributed by atoms with Gasteiger partial charge in [0.25, 0.3) is 0 Å². The lowest BCUT2D eigenvalue weighted by Gasteiger charge is -2.11. The summed E-state index contributed by atoms with van der Waals surface area (Å²) in [5.74, 6) is 0.837. The summed E-state index contributed by atoms with van der Waals surface area (Å²) in [6.07, 6.45) is 3.67. The summed E-state index contributed by atoms with van der Waals surface area (Å²) in [6, 6.07) is 15.3. The second-order valence-corrected chi connectivity index (χ2v) is 7.84. The van der Waals surface area contributed by atoms with E-state index in [1.165, 1.54) is 18.1 Å². The third-order valence-electron chi connectivity index (χ3n) is 4.36. The van der Waals surface area contributed by atoms with E-state index >= 15 is 0 Å². The smallest absolute Gasteiger partial charge is 0.234 e. The molecule has 0 aliphatic carbocycles. The molecule has 1 N–H and O–H groups in total. The monoisotopic (exact) mass is 439 g/mol. The molecule has 30 heavy (non-hydrogen) atoms. The lowest BCUT2D eigenvalue weighted by Crippen LogP contribution is -2.16. The Bertz CT molecular complexity index is 1150. The van der Waals surface area contributed by atoms with Crippen LogP contribution in [0.4, 0.5) is 5.69 Å². The molecule has 0 radical (unpaired) electrons. The van der Waals surface area contributed by atoms with E-state index in [4.69, 9.17) is 11.6 Å². The number of halogens is 1. The molecular formula is C20H18ClN7OS. The Labute approximate surface area is 182 Å². The summed E-state index contributed by atoms with van der Waals surface area (Å²) in [6.45, 7) is 0. The van der Waals surface area contributed by atoms with E-state index < -0.39 is 0 Å². The first kappa shape index (κ1) is 20.1. The number of nitrogens with one attached hydrogen (secondary N) is 1. The van der Waals surface area contributed by atoms with Crippen molar-refractivity contribution in [1.29, 1.82) is 0 Å². The lowest BCUT2D eigenvalue weighted by atomic mass is 10.1. The molecule has 0 atom stereocenters. The van der Waals surface area contributed by atoms with Gasteiger partial charge in [-0.15, -0.1) is 10.2 Å². The van der Waals surface area contributed by atoms with Gasteiger partial charge in [-0.3, -0.25) is 4.79 Å². The number of amides is 1. The number of aromatic nitrogens is 6. The topological polar surface area (TPSA) is 90.5 Å². The van der Waals surface area contributed by atoms with Gasteiger partial charge in [-0.1, -0.05) is 53.7 Å². The van der Waals surface area contributed by atoms with Crippen molar-refractivity contribution in [2.75, 3.05) is 11.1 Å². The van der Waals surface area contributed by atoms with Crippen molar-refractivity contribution in [3.05, 3.63) is 77.6 Å². The number of thioether (sulfide) groups is 1. The lowest BCUT2D eigenvalue weighted by molar-refractivity contribution is -0.113. The summed E-state index contributed by atoms with van der Waals surface area (Å²) in [4.78, 5) is 16.5. The SMILES string of the molecule is Cn1c(Cc2ccccc2)nnc1SCC(=O)Nc1cc(Cl)ccc1-n1cncn1. The number of rotatable bonds is 7. The molecule has 1 amide bonds. The zero-order chi connectivity index (χ0) is 20.9. The maximum atomic E-state index is 12.6. The normalized spacial score (nSPS) is 10.9. The molecule has 2 heterocycles. The van der Waals surface area contributed by atoms with Gasteiger partial charge < -0.3 is 9.88 Å². The molecule has 0 saturated carbocycles. The number of carbonyl (C=O) groups is 1. The highest BCUT2D eigenvalue weighted by Gasteiger charge is 2.14. The Hall–Kier alpha value is -3.17. The van der Waals surface area contributed by atoms with E-state index in [9.17, 15) is 4.79 Å². The van der Waals surface area contributed by atoms with Crippen LogP contribution in [0.1, 0.15) is 11.4 Å². The van der Waals surface area contributed by atoms with Crippen LogP contribution in [0.15, 0.2) is 66.3 Å².